The fourth-order valence-electron chi connectivity index (χ4n) is 1.84. The number of ether oxygens (including phenoxy) is 1. The SMILES string of the molecule is CCCCCC1=C(OC(=O)CC)CCC1=O. The maximum absolute atomic E-state index is 11.6. The molecule has 0 aliphatic heterocycles. The van der Waals surface area contributed by atoms with Crippen LogP contribution in [0.4, 0.5) is 0 Å². The van der Waals surface area contributed by atoms with Gasteiger partial charge in [0.15, 0.2) is 5.78 Å². The van der Waals surface area contributed by atoms with E-state index in [2.05, 4.69) is 6.92 Å². The summed E-state index contributed by atoms with van der Waals surface area (Å²) < 4.78 is 5.19. The number of Topliss-reactive ketones (excluding diaryl/α,β-unsaturated/α-hetero) is 1. The summed E-state index contributed by atoms with van der Waals surface area (Å²) in [5.74, 6) is 0.556. The van der Waals surface area contributed by atoms with Crippen LogP contribution >= 0.6 is 0 Å². The molecule has 0 atom stereocenters. The Morgan fingerprint density at radius 3 is 2.62 bits per heavy atom. The monoisotopic (exact) mass is 224 g/mol. The van der Waals surface area contributed by atoms with Crippen molar-refractivity contribution in [3.63, 3.8) is 0 Å². The van der Waals surface area contributed by atoms with Gasteiger partial charge in [0, 0.05) is 24.8 Å². The third-order valence-electron chi connectivity index (χ3n) is 2.81. The van der Waals surface area contributed by atoms with E-state index in [1.54, 1.807) is 6.92 Å². The molecule has 0 bridgehead atoms. The van der Waals surface area contributed by atoms with Crippen LogP contribution in [-0.4, -0.2) is 11.8 Å². The van der Waals surface area contributed by atoms with Gasteiger partial charge in [-0.1, -0.05) is 26.7 Å². The predicted molar refractivity (Wildman–Crippen MR) is 61.8 cm³/mol. The molecule has 0 amide bonds. The van der Waals surface area contributed by atoms with Gasteiger partial charge in [0.2, 0.25) is 0 Å². The van der Waals surface area contributed by atoms with Crippen LogP contribution in [-0.2, 0) is 14.3 Å². The van der Waals surface area contributed by atoms with Crippen molar-refractivity contribution < 1.29 is 14.3 Å². The van der Waals surface area contributed by atoms with Crippen LogP contribution in [0.3, 0.4) is 0 Å². The summed E-state index contributed by atoms with van der Waals surface area (Å²) in [4.78, 5) is 22.8. The normalized spacial score (nSPS) is 15.8. The van der Waals surface area contributed by atoms with E-state index in [9.17, 15) is 9.59 Å². The Bertz CT molecular complexity index is 302. The standard InChI is InChI=1S/C13H20O3/c1-3-5-6-7-10-11(14)8-9-12(10)16-13(15)4-2/h3-9H2,1-2H3. The smallest absolute Gasteiger partial charge is 0.310 e. The highest BCUT2D eigenvalue weighted by Gasteiger charge is 2.25. The molecule has 0 spiro atoms. The molecule has 0 aromatic heterocycles. The lowest BCUT2D eigenvalue weighted by Gasteiger charge is -2.06. The molecule has 0 aromatic carbocycles. The van der Waals surface area contributed by atoms with Crippen molar-refractivity contribution in [1.29, 1.82) is 0 Å². The highest BCUT2D eigenvalue weighted by Crippen LogP contribution is 2.28. The first-order valence-corrected chi connectivity index (χ1v) is 6.14. The lowest BCUT2D eigenvalue weighted by Crippen LogP contribution is -2.04. The van der Waals surface area contributed by atoms with Crippen LogP contribution < -0.4 is 0 Å². The molecule has 0 heterocycles. The topological polar surface area (TPSA) is 43.4 Å². The minimum absolute atomic E-state index is 0.162. The Labute approximate surface area is 96.9 Å². The van der Waals surface area contributed by atoms with Gasteiger partial charge in [-0.2, -0.15) is 0 Å². The van der Waals surface area contributed by atoms with Crippen LogP contribution in [0, 0.1) is 0 Å². The second kappa shape index (κ2) is 6.46. The number of ketones is 1. The molecular weight excluding hydrogens is 204 g/mol. The van der Waals surface area contributed by atoms with E-state index in [0.29, 0.717) is 25.0 Å². The summed E-state index contributed by atoms with van der Waals surface area (Å²) in [6, 6.07) is 0. The Hall–Kier alpha value is -1.12. The fraction of sp³-hybridized carbons (Fsp3) is 0.692. The van der Waals surface area contributed by atoms with Crippen molar-refractivity contribution in [1.82, 2.24) is 0 Å². The van der Waals surface area contributed by atoms with Crippen LogP contribution in [0.5, 0.6) is 0 Å². The first-order chi connectivity index (χ1) is 7.69. The summed E-state index contributed by atoms with van der Waals surface area (Å²) in [6.07, 6.45) is 5.49. The Morgan fingerprint density at radius 1 is 1.25 bits per heavy atom. The summed E-state index contributed by atoms with van der Waals surface area (Å²) in [7, 11) is 0. The second-order valence-corrected chi connectivity index (χ2v) is 4.11. The number of hydrogen-bond donors (Lipinski definition) is 0. The van der Waals surface area contributed by atoms with Crippen LogP contribution in [0.2, 0.25) is 0 Å². The van der Waals surface area contributed by atoms with Gasteiger partial charge in [0.25, 0.3) is 0 Å². The lowest BCUT2D eigenvalue weighted by molar-refractivity contribution is -0.139. The maximum atomic E-state index is 11.6. The molecule has 0 aromatic rings. The van der Waals surface area contributed by atoms with E-state index in [0.717, 1.165) is 31.3 Å². The van der Waals surface area contributed by atoms with Crippen molar-refractivity contribution in [3.05, 3.63) is 11.3 Å². The van der Waals surface area contributed by atoms with Crippen molar-refractivity contribution in [2.24, 2.45) is 0 Å². The summed E-state index contributed by atoms with van der Waals surface area (Å²) in [6.45, 7) is 3.89. The summed E-state index contributed by atoms with van der Waals surface area (Å²) in [5.41, 5.74) is 0.759. The van der Waals surface area contributed by atoms with Crippen molar-refractivity contribution in [3.8, 4) is 0 Å². The van der Waals surface area contributed by atoms with E-state index >= 15 is 0 Å². The van der Waals surface area contributed by atoms with Gasteiger partial charge in [0.1, 0.15) is 5.76 Å². The van der Waals surface area contributed by atoms with Crippen molar-refractivity contribution >= 4 is 11.8 Å². The number of carbonyl (C=O) groups is 2. The van der Waals surface area contributed by atoms with E-state index < -0.39 is 0 Å². The molecule has 0 saturated heterocycles. The second-order valence-electron chi connectivity index (χ2n) is 4.11. The molecule has 0 saturated carbocycles. The van der Waals surface area contributed by atoms with Gasteiger partial charge in [-0.05, 0) is 12.8 Å². The molecule has 1 aliphatic carbocycles. The molecule has 16 heavy (non-hydrogen) atoms. The highest BCUT2D eigenvalue weighted by atomic mass is 16.5. The van der Waals surface area contributed by atoms with Gasteiger partial charge in [-0.15, -0.1) is 0 Å². The lowest BCUT2D eigenvalue weighted by atomic mass is 10.1. The third-order valence-corrected chi connectivity index (χ3v) is 2.81. The minimum atomic E-state index is -0.238. The zero-order chi connectivity index (χ0) is 12.0. The van der Waals surface area contributed by atoms with Crippen LogP contribution in [0.1, 0.15) is 58.8 Å². The Kier molecular flexibility index (Phi) is 5.23. The number of unbranched alkanes of at least 4 members (excludes halogenated alkanes) is 2. The molecule has 90 valence electrons. The molecule has 0 fully saturated rings. The largest absolute Gasteiger partial charge is 0.431 e. The number of allylic oxidation sites excluding steroid dienone is 2. The zero-order valence-electron chi connectivity index (χ0n) is 10.2. The van der Waals surface area contributed by atoms with E-state index in [4.69, 9.17) is 4.74 Å². The molecule has 1 rings (SSSR count). The molecule has 3 heteroatoms. The third kappa shape index (κ3) is 3.47. The van der Waals surface area contributed by atoms with Gasteiger partial charge >= 0.3 is 5.97 Å². The van der Waals surface area contributed by atoms with E-state index in [1.807, 2.05) is 0 Å². The molecule has 0 radical (unpaired) electrons. The van der Waals surface area contributed by atoms with E-state index in [-0.39, 0.29) is 11.8 Å². The number of esters is 1. The summed E-state index contributed by atoms with van der Waals surface area (Å²) in [5, 5.41) is 0. The minimum Gasteiger partial charge on any atom is -0.431 e. The van der Waals surface area contributed by atoms with E-state index in [1.165, 1.54) is 0 Å². The van der Waals surface area contributed by atoms with Crippen molar-refractivity contribution in [2.75, 3.05) is 0 Å². The number of hydrogen-bond acceptors (Lipinski definition) is 3. The Balaban J connectivity index is 2.60. The summed E-state index contributed by atoms with van der Waals surface area (Å²) >= 11 is 0. The first kappa shape index (κ1) is 12.9. The van der Waals surface area contributed by atoms with Crippen molar-refractivity contribution in [2.45, 2.75) is 58.8 Å². The fourth-order valence-corrected chi connectivity index (χ4v) is 1.84. The average Bonchev–Trinajstić information content (AvgIpc) is 2.61. The number of rotatable bonds is 6. The maximum Gasteiger partial charge on any atom is 0.310 e. The zero-order valence-corrected chi connectivity index (χ0v) is 10.2. The highest BCUT2D eigenvalue weighted by molar-refractivity contribution is 5.98. The number of carbonyl (C=O) groups excluding carboxylic acids is 2. The van der Waals surface area contributed by atoms with Gasteiger partial charge in [-0.3, -0.25) is 9.59 Å². The molecule has 0 N–H and O–H groups in total. The molecular formula is C13H20O3. The first-order valence-electron chi connectivity index (χ1n) is 6.14. The molecule has 3 nitrogen and oxygen atoms in total. The van der Waals surface area contributed by atoms with Crippen LogP contribution in [0.25, 0.3) is 0 Å². The molecule has 0 unspecified atom stereocenters. The van der Waals surface area contributed by atoms with Gasteiger partial charge < -0.3 is 4.74 Å². The average molecular weight is 224 g/mol. The Morgan fingerprint density at radius 2 is 2.00 bits per heavy atom. The van der Waals surface area contributed by atoms with Crippen LogP contribution in [0.15, 0.2) is 11.3 Å². The van der Waals surface area contributed by atoms with Gasteiger partial charge in [-0.25, -0.2) is 0 Å². The predicted octanol–water partition coefficient (Wildman–Crippen LogP) is 3.14. The quantitative estimate of drug-likeness (QED) is 0.514. The molecule has 1 aliphatic rings. The van der Waals surface area contributed by atoms with Gasteiger partial charge in [0.05, 0.1) is 0 Å².